The number of hydrogen-bond donors (Lipinski definition) is 2. The minimum absolute atomic E-state index is 0.214. The average molecular weight is 168 g/mol. The van der Waals surface area contributed by atoms with Crippen LogP contribution in [0.3, 0.4) is 0 Å². The van der Waals surface area contributed by atoms with Gasteiger partial charge >= 0.3 is 0 Å². The highest BCUT2D eigenvalue weighted by Crippen LogP contribution is 2.64. The Bertz CT molecular complexity index is 212. The molecule has 0 heterocycles. The van der Waals surface area contributed by atoms with Crippen LogP contribution in [0.1, 0.15) is 33.6 Å². The summed E-state index contributed by atoms with van der Waals surface area (Å²) in [7, 11) is 0. The first-order valence-electron chi connectivity index (χ1n) is 4.92. The van der Waals surface area contributed by atoms with Crippen molar-refractivity contribution in [2.75, 3.05) is 0 Å². The third-order valence-corrected chi connectivity index (χ3v) is 4.99. The van der Waals surface area contributed by atoms with Crippen LogP contribution in [0.5, 0.6) is 0 Å². The summed E-state index contributed by atoms with van der Waals surface area (Å²) >= 11 is 0. The predicted molar refractivity (Wildman–Crippen MR) is 50.6 cm³/mol. The fourth-order valence-electron chi connectivity index (χ4n) is 3.51. The van der Waals surface area contributed by atoms with E-state index >= 15 is 0 Å². The van der Waals surface area contributed by atoms with Gasteiger partial charge in [-0.25, -0.2) is 0 Å². The fourth-order valence-corrected chi connectivity index (χ4v) is 3.51. The van der Waals surface area contributed by atoms with E-state index in [4.69, 9.17) is 11.5 Å². The molecule has 0 unspecified atom stereocenters. The van der Waals surface area contributed by atoms with Gasteiger partial charge in [0.05, 0.1) is 0 Å². The van der Waals surface area contributed by atoms with Crippen molar-refractivity contribution in [3.63, 3.8) is 0 Å². The first-order valence-corrected chi connectivity index (χ1v) is 4.92. The van der Waals surface area contributed by atoms with Crippen molar-refractivity contribution in [1.29, 1.82) is 0 Å². The Morgan fingerprint density at radius 1 is 1.17 bits per heavy atom. The van der Waals surface area contributed by atoms with Crippen LogP contribution in [-0.2, 0) is 0 Å². The summed E-state index contributed by atoms with van der Waals surface area (Å²) in [4.78, 5) is 0. The van der Waals surface area contributed by atoms with Crippen molar-refractivity contribution in [2.45, 2.75) is 45.7 Å². The normalized spacial score (nSPS) is 56.2. The van der Waals surface area contributed by atoms with Crippen LogP contribution in [0, 0.1) is 16.7 Å². The zero-order valence-electron chi connectivity index (χ0n) is 8.30. The largest absolute Gasteiger partial charge is 0.326 e. The molecule has 0 aliphatic heterocycles. The first kappa shape index (κ1) is 8.52. The summed E-state index contributed by atoms with van der Waals surface area (Å²) in [6.07, 6.45) is 2.54. The second kappa shape index (κ2) is 2.05. The standard InChI is InChI=1S/C10H20N2/c1-9(2)6-4-5-10(9,3)8(12)7(6)11/h6-8H,4-5,11-12H2,1-3H3/t6-,7-,8-,10+/m0/s1. The molecule has 2 aliphatic rings. The maximum atomic E-state index is 6.15. The van der Waals surface area contributed by atoms with Crippen LogP contribution in [0.4, 0.5) is 0 Å². The molecule has 4 N–H and O–H groups in total. The second-order valence-electron chi connectivity index (χ2n) is 5.39. The van der Waals surface area contributed by atoms with Crippen molar-refractivity contribution in [3.8, 4) is 0 Å². The van der Waals surface area contributed by atoms with E-state index in [1.807, 2.05) is 0 Å². The van der Waals surface area contributed by atoms with Crippen LogP contribution < -0.4 is 11.5 Å². The number of nitrogens with two attached hydrogens (primary N) is 2. The summed E-state index contributed by atoms with van der Waals surface area (Å²) < 4.78 is 0. The van der Waals surface area contributed by atoms with E-state index in [0.29, 0.717) is 11.3 Å². The number of fused-ring (bicyclic) bond motifs is 2. The van der Waals surface area contributed by atoms with Crippen LogP contribution in [-0.4, -0.2) is 12.1 Å². The van der Waals surface area contributed by atoms with E-state index in [2.05, 4.69) is 20.8 Å². The summed E-state index contributed by atoms with van der Waals surface area (Å²) in [6, 6.07) is 0.449. The zero-order chi connectivity index (χ0) is 9.15. The first-order chi connectivity index (χ1) is 5.41. The summed E-state index contributed by atoms with van der Waals surface area (Å²) in [5, 5.41) is 0. The molecule has 0 saturated heterocycles. The molecule has 2 bridgehead atoms. The van der Waals surface area contributed by atoms with Gasteiger partial charge in [-0.15, -0.1) is 0 Å². The highest BCUT2D eigenvalue weighted by atomic mass is 14.9. The van der Waals surface area contributed by atoms with Crippen LogP contribution in [0.25, 0.3) is 0 Å². The van der Waals surface area contributed by atoms with Crippen molar-refractivity contribution in [1.82, 2.24) is 0 Å². The van der Waals surface area contributed by atoms with Crippen LogP contribution in [0.15, 0.2) is 0 Å². The van der Waals surface area contributed by atoms with Crippen molar-refractivity contribution in [3.05, 3.63) is 0 Å². The molecule has 2 fully saturated rings. The van der Waals surface area contributed by atoms with Gasteiger partial charge in [0.15, 0.2) is 0 Å². The van der Waals surface area contributed by atoms with Gasteiger partial charge in [-0.05, 0) is 29.6 Å². The smallest absolute Gasteiger partial charge is 0.0255 e. The Balaban J connectivity index is 2.44. The molecule has 0 aromatic heterocycles. The Morgan fingerprint density at radius 3 is 2.00 bits per heavy atom. The van der Waals surface area contributed by atoms with Crippen molar-refractivity contribution >= 4 is 0 Å². The van der Waals surface area contributed by atoms with Gasteiger partial charge in [-0.3, -0.25) is 0 Å². The van der Waals surface area contributed by atoms with Gasteiger partial charge in [-0.2, -0.15) is 0 Å². The van der Waals surface area contributed by atoms with Gasteiger partial charge in [0.1, 0.15) is 0 Å². The molecule has 2 heteroatoms. The maximum absolute atomic E-state index is 6.15. The lowest BCUT2D eigenvalue weighted by Crippen LogP contribution is -2.50. The van der Waals surface area contributed by atoms with Crippen LogP contribution in [0.2, 0.25) is 0 Å². The average Bonchev–Trinajstić information content (AvgIpc) is 2.26. The highest BCUT2D eigenvalue weighted by molar-refractivity contribution is 5.17. The molecule has 2 rings (SSSR count). The molecule has 0 amide bonds. The number of rotatable bonds is 0. The molecule has 0 aromatic rings. The van der Waals surface area contributed by atoms with Crippen LogP contribution >= 0.6 is 0 Å². The Hall–Kier alpha value is -0.0800. The molecule has 0 spiro atoms. The lowest BCUT2D eigenvalue weighted by molar-refractivity contribution is 0.136. The second-order valence-corrected chi connectivity index (χ2v) is 5.39. The molecule has 2 nitrogen and oxygen atoms in total. The SMILES string of the molecule is CC1(C)[C@H]2CC[C@]1(C)[C@@H](N)[C@H]2N. The predicted octanol–water partition coefficient (Wildman–Crippen LogP) is 1.10. The minimum atomic E-state index is 0.214. The Kier molecular flexibility index (Phi) is 1.45. The number of hydrogen-bond acceptors (Lipinski definition) is 2. The highest BCUT2D eigenvalue weighted by Gasteiger charge is 2.63. The van der Waals surface area contributed by atoms with Gasteiger partial charge in [0, 0.05) is 12.1 Å². The van der Waals surface area contributed by atoms with E-state index in [1.165, 1.54) is 12.8 Å². The fraction of sp³-hybridized carbons (Fsp3) is 1.00. The molecule has 0 radical (unpaired) electrons. The monoisotopic (exact) mass is 168 g/mol. The van der Waals surface area contributed by atoms with E-state index < -0.39 is 0 Å². The van der Waals surface area contributed by atoms with Gasteiger partial charge in [0.25, 0.3) is 0 Å². The molecule has 0 aromatic carbocycles. The summed E-state index contributed by atoms with van der Waals surface area (Å²) in [5.41, 5.74) is 12.9. The van der Waals surface area contributed by atoms with Crippen molar-refractivity contribution in [2.24, 2.45) is 28.2 Å². The van der Waals surface area contributed by atoms with E-state index in [-0.39, 0.29) is 17.5 Å². The summed E-state index contributed by atoms with van der Waals surface area (Å²) in [5.74, 6) is 0.650. The van der Waals surface area contributed by atoms with E-state index in [1.54, 1.807) is 0 Å². The third-order valence-electron chi connectivity index (χ3n) is 4.99. The van der Waals surface area contributed by atoms with E-state index in [0.717, 1.165) is 0 Å². The molecule has 2 aliphatic carbocycles. The van der Waals surface area contributed by atoms with E-state index in [9.17, 15) is 0 Å². The van der Waals surface area contributed by atoms with Crippen molar-refractivity contribution < 1.29 is 0 Å². The van der Waals surface area contributed by atoms with Gasteiger partial charge < -0.3 is 11.5 Å². The third kappa shape index (κ3) is 0.647. The summed E-state index contributed by atoms with van der Waals surface area (Å²) in [6.45, 7) is 6.97. The molecular formula is C10H20N2. The zero-order valence-corrected chi connectivity index (χ0v) is 8.30. The molecular weight excluding hydrogens is 148 g/mol. The quantitative estimate of drug-likeness (QED) is 0.569. The molecule has 70 valence electrons. The Morgan fingerprint density at radius 2 is 1.75 bits per heavy atom. The maximum Gasteiger partial charge on any atom is 0.0255 e. The van der Waals surface area contributed by atoms with Gasteiger partial charge in [-0.1, -0.05) is 20.8 Å². The lowest BCUT2D eigenvalue weighted by atomic mass is 9.69. The molecule has 12 heavy (non-hydrogen) atoms. The molecule has 2 saturated carbocycles. The molecule has 4 atom stereocenters. The van der Waals surface area contributed by atoms with Gasteiger partial charge in [0.2, 0.25) is 0 Å². The Labute approximate surface area is 74.7 Å². The minimum Gasteiger partial charge on any atom is -0.326 e. The lowest BCUT2D eigenvalue weighted by Gasteiger charge is -2.37. The topological polar surface area (TPSA) is 52.0 Å².